The Hall–Kier alpha value is -1.12. The van der Waals surface area contributed by atoms with Gasteiger partial charge in [0.1, 0.15) is 0 Å². The molecular formula is C16H12Br2. The van der Waals surface area contributed by atoms with Gasteiger partial charge in [0.05, 0.1) is 0 Å². The lowest BCUT2D eigenvalue weighted by atomic mass is 10.0. The highest BCUT2D eigenvalue weighted by atomic mass is 79.9. The van der Waals surface area contributed by atoms with Crippen molar-refractivity contribution in [2.75, 3.05) is 0 Å². The van der Waals surface area contributed by atoms with Crippen LogP contribution >= 0.6 is 31.9 Å². The van der Waals surface area contributed by atoms with Crippen molar-refractivity contribution in [3.05, 3.63) is 69.6 Å². The van der Waals surface area contributed by atoms with Crippen LogP contribution in [0.25, 0.3) is 23.3 Å². The molecule has 0 saturated carbocycles. The van der Waals surface area contributed by atoms with E-state index in [2.05, 4.69) is 80.4 Å². The zero-order chi connectivity index (χ0) is 12.8. The molecule has 0 aliphatic rings. The molecule has 0 amide bonds. The Kier molecular flexibility index (Phi) is 4.97. The lowest BCUT2D eigenvalue weighted by Crippen LogP contribution is -1.79. The fraction of sp³-hybridized carbons (Fsp3) is 0. The van der Waals surface area contributed by atoms with E-state index < -0.39 is 0 Å². The van der Waals surface area contributed by atoms with Gasteiger partial charge in [-0.15, -0.1) is 0 Å². The first kappa shape index (κ1) is 13.3. The lowest BCUT2D eigenvalue weighted by Gasteiger charge is -2.03. The smallest absolute Gasteiger partial charge is 0.0183 e. The fourth-order valence-electron chi connectivity index (χ4n) is 1.72. The van der Waals surface area contributed by atoms with Crippen molar-refractivity contribution < 1.29 is 0 Å². The van der Waals surface area contributed by atoms with E-state index >= 15 is 0 Å². The highest BCUT2D eigenvalue weighted by molar-refractivity contribution is 9.11. The van der Waals surface area contributed by atoms with Crippen molar-refractivity contribution in [3.63, 3.8) is 0 Å². The molecule has 0 atom stereocenters. The summed E-state index contributed by atoms with van der Waals surface area (Å²) in [4.78, 5) is 3.73. The van der Waals surface area contributed by atoms with Gasteiger partial charge in [-0.05, 0) is 44.4 Å². The van der Waals surface area contributed by atoms with Crippen LogP contribution in [0.1, 0.15) is 11.1 Å². The lowest BCUT2D eigenvalue weighted by molar-refractivity contribution is 1.59. The average molecular weight is 364 g/mol. The molecule has 0 nitrogen and oxygen atoms in total. The quantitative estimate of drug-likeness (QED) is 0.619. The Morgan fingerprint density at radius 2 is 0.889 bits per heavy atom. The zero-order valence-corrected chi connectivity index (χ0v) is 12.9. The Morgan fingerprint density at radius 1 is 0.556 bits per heavy atom. The number of hydrogen-bond acceptors (Lipinski definition) is 0. The largest absolute Gasteiger partial charge is 0.0595 e. The Labute approximate surface area is 124 Å². The highest BCUT2D eigenvalue weighted by Crippen LogP contribution is 2.21. The third kappa shape index (κ3) is 3.44. The second kappa shape index (κ2) is 6.72. The Balaban J connectivity index is 2.25. The minimum Gasteiger partial charge on any atom is -0.0595 e. The van der Waals surface area contributed by atoms with Gasteiger partial charge in [-0.1, -0.05) is 80.4 Å². The molecule has 0 aliphatic carbocycles. The molecule has 0 saturated heterocycles. The molecule has 0 aromatic heterocycles. The number of halogens is 2. The van der Waals surface area contributed by atoms with Gasteiger partial charge in [-0.25, -0.2) is 0 Å². The fourth-order valence-corrected chi connectivity index (χ4v) is 2.33. The van der Waals surface area contributed by atoms with E-state index in [-0.39, 0.29) is 0 Å². The molecule has 0 heterocycles. The summed E-state index contributed by atoms with van der Waals surface area (Å²) in [5, 5.41) is 0. The van der Waals surface area contributed by atoms with Crippen LogP contribution in [0.5, 0.6) is 0 Å². The molecule has 0 spiro atoms. The van der Waals surface area contributed by atoms with Gasteiger partial charge in [0.15, 0.2) is 0 Å². The van der Waals surface area contributed by atoms with Crippen molar-refractivity contribution in [3.8, 4) is 11.1 Å². The second-order valence-electron chi connectivity index (χ2n) is 3.83. The standard InChI is InChI=1S/C16H12Br2/c17-11-9-13-1-5-15(6-2-13)16-7-3-14(4-8-16)10-12-18/h1-12H/b11-9-,12-10-. The molecule has 18 heavy (non-hydrogen) atoms. The van der Waals surface area contributed by atoms with E-state index in [4.69, 9.17) is 0 Å². The van der Waals surface area contributed by atoms with Gasteiger partial charge >= 0.3 is 0 Å². The van der Waals surface area contributed by atoms with E-state index in [1.54, 1.807) is 0 Å². The van der Waals surface area contributed by atoms with E-state index in [0.717, 1.165) is 0 Å². The third-order valence-corrected chi connectivity index (χ3v) is 3.19. The molecule has 0 unspecified atom stereocenters. The van der Waals surface area contributed by atoms with E-state index in [1.165, 1.54) is 22.3 Å². The molecule has 0 radical (unpaired) electrons. The molecular weight excluding hydrogens is 352 g/mol. The summed E-state index contributed by atoms with van der Waals surface area (Å²) in [6.07, 6.45) is 4.04. The van der Waals surface area contributed by atoms with Crippen LogP contribution in [0.3, 0.4) is 0 Å². The summed E-state index contributed by atoms with van der Waals surface area (Å²) >= 11 is 6.56. The number of benzene rings is 2. The Bertz CT molecular complexity index is 495. The monoisotopic (exact) mass is 362 g/mol. The van der Waals surface area contributed by atoms with Gasteiger partial charge in [0.25, 0.3) is 0 Å². The van der Waals surface area contributed by atoms with Crippen molar-refractivity contribution >= 4 is 44.0 Å². The minimum absolute atomic E-state index is 1.19. The van der Waals surface area contributed by atoms with Crippen molar-refractivity contribution in [2.24, 2.45) is 0 Å². The molecule has 2 heteroatoms. The van der Waals surface area contributed by atoms with Crippen LogP contribution in [0.4, 0.5) is 0 Å². The van der Waals surface area contributed by atoms with Gasteiger partial charge in [0, 0.05) is 0 Å². The summed E-state index contributed by atoms with van der Waals surface area (Å²) in [5.74, 6) is 0. The predicted molar refractivity (Wildman–Crippen MR) is 87.8 cm³/mol. The first-order chi connectivity index (χ1) is 8.83. The topological polar surface area (TPSA) is 0 Å². The molecule has 0 bridgehead atoms. The summed E-state index contributed by atoms with van der Waals surface area (Å²) in [7, 11) is 0. The first-order valence-corrected chi connectivity index (χ1v) is 7.40. The highest BCUT2D eigenvalue weighted by Gasteiger charge is 1.97. The van der Waals surface area contributed by atoms with E-state index in [9.17, 15) is 0 Å². The molecule has 2 aromatic carbocycles. The van der Waals surface area contributed by atoms with Crippen molar-refractivity contribution in [1.29, 1.82) is 0 Å². The Morgan fingerprint density at radius 3 is 1.17 bits per heavy atom. The van der Waals surface area contributed by atoms with E-state index in [0.29, 0.717) is 0 Å². The third-order valence-electron chi connectivity index (χ3n) is 2.67. The van der Waals surface area contributed by atoms with E-state index in [1.807, 2.05) is 22.1 Å². The number of hydrogen-bond donors (Lipinski definition) is 0. The molecule has 0 aliphatic heterocycles. The maximum atomic E-state index is 3.28. The minimum atomic E-state index is 1.19. The van der Waals surface area contributed by atoms with Crippen molar-refractivity contribution in [1.82, 2.24) is 0 Å². The molecule has 2 aromatic rings. The maximum absolute atomic E-state index is 3.28. The van der Waals surface area contributed by atoms with Crippen LogP contribution in [0, 0.1) is 0 Å². The molecule has 0 fully saturated rings. The van der Waals surface area contributed by atoms with Crippen LogP contribution in [0.2, 0.25) is 0 Å². The van der Waals surface area contributed by atoms with Gasteiger partial charge in [-0.3, -0.25) is 0 Å². The van der Waals surface area contributed by atoms with Crippen LogP contribution < -0.4 is 0 Å². The normalized spacial score (nSPS) is 11.4. The molecule has 0 N–H and O–H groups in total. The van der Waals surface area contributed by atoms with Gasteiger partial charge in [0.2, 0.25) is 0 Å². The van der Waals surface area contributed by atoms with Crippen LogP contribution in [-0.4, -0.2) is 0 Å². The van der Waals surface area contributed by atoms with Gasteiger partial charge < -0.3 is 0 Å². The SMILES string of the molecule is Br/C=C\c1ccc(-c2ccc(/C=C\Br)cc2)cc1. The first-order valence-electron chi connectivity index (χ1n) is 5.57. The zero-order valence-electron chi connectivity index (χ0n) is 9.68. The number of rotatable bonds is 3. The van der Waals surface area contributed by atoms with Crippen molar-refractivity contribution in [2.45, 2.75) is 0 Å². The second-order valence-corrected chi connectivity index (χ2v) is 4.89. The average Bonchev–Trinajstić information content (AvgIpc) is 2.41. The molecule has 90 valence electrons. The maximum Gasteiger partial charge on any atom is -0.0183 e. The van der Waals surface area contributed by atoms with Crippen LogP contribution in [-0.2, 0) is 0 Å². The summed E-state index contributed by atoms with van der Waals surface area (Å²) < 4.78 is 0. The predicted octanol–water partition coefficient (Wildman–Crippen LogP) is 6.08. The molecule has 2 rings (SSSR count). The summed E-state index contributed by atoms with van der Waals surface area (Å²) in [5.41, 5.74) is 4.84. The van der Waals surface area contributed by atoms with Gasteiger partial charge in [-0.2, -0.15) is 0 Å². The van der Waals surface area contributed by atoms with Crippen LogP contribution in [0.15, 0.2) is 58.5 Å². The summed E-state index contributed by atoms with van der Waals surface area (Å²) in [6, 6.07) is 17.0. The summed E-state index contributed by atoms with van der Waals surface area (Å²) in [6.45, 7) is 0.